The predicted molar refractivity (Wildman–Crippen MR) is 267 cm³/mol. The number of esters is 8. The molecule has 6 aliphatic rings. The summed E-state index contributed by atoms with van der Waals surface area (Å²) in [5.74, 6) is -0.711. The maximum absolute atomic E-state index is 11.7. The predicted octanol–water partition coefficient (Wildman–Crippen LogP) is 10.3. The topological polar surface area (TPSA) is 210 Å². The molecule has 6 fully saturated rings. The van der Waals surface area contributed by atoms with Crippen LogP contribution in [-0.2, 0) is 76.3 Å². The van der Waals surface area contributed by atoms with Crippen molar-refractivity contribution in [3.63, 3.8) is 0 Å². The van der Waals surface area contributed by atoms with E-state index >= 15 is 0 Å². The summed E-state index contributed by atoms with van der Waals surface area (Å²) >= 11 is 0. The van der Waals surface area contributed by atoms with E-state index in [4.69, 9.17) is 37.9 Å². The highest BCUT2D eigenvalue weighted by atomic mass is 16.6. The Kier molecular flexibility index (Phi) is 27.1. The fourth-order valence-corrected chi connectivity index (χ4v) is 9.68. The average molecular weight is 1020 g/mol. The number of hydrogen-bond donors (Lipinski definition) is 0. The van der Waals surface area contributed by atoms with Crippen LogP contribution in [0.4, 0.5) is 0 Å². The first-order valence-electron chi connectivity index (χ1n) is 27.6. The van der Waals surface area contributed by atoms with Crippen molar-refractivity contribution >= 4 is 47.8 Å². The van der Waals surface area contributed by atoms with Gasteiger partial charge in [0, 0.05) is 0 Å². The van der Waals surface area contributed by atoms with Gasteiger partial charge in [0.2, 0.25) is 0 Å². The zero-order valence-electron chi connectivity index (χ0n) is 45.7. The van der Waals surface area contributed by atoms with Crippen molar-refractivity contribution in [2.45, 2.75) is 235 Å². The molecule has 412 valence electrons. The molecule has 8 atom stereocenters. The van der Waals surface area contributed by atoms with E-state index in [1.165, 1.54) is 51.4 Å². The van der Waals surface area contributed by atoms with Crippen LogP contribution in [0.1, 0.15) is 210 Å². The quantitative estimate of drug-likeness (QED) is 0.0820. The largest absolute Gasteiger partial charge is 0.460 e. The molecule has 6 aliphatic carbocycles. The van der Waals surface area contributed by atoms with E-state index in [-0.39, 0.29) is 86.6 Å². The SMILES string of the molecule is CCC(C)(C)C(=O)OCC(=O)OC1CC2CCC1C2.CCC(C)(C)C(=O)OCC(=O)OC1CCCCC1.CCC(C)C(=O)OCC(=O)OC1CC2CCC1C2.CCC(C)C(=O)OCC(=O)OC1CCCCC1. The second kappa shape index (κ2) is 31.5. The van der Waals surface area contributed by atoms with Gasteiger partial charge in [0.1, 0.15) is 24.4 Å². The fourth-order valence-electron chi connectivity index (χ4n) is 9.68. The minimum absolute atomic E-state index is 0.0177. The van der Waals surface area contributed by atoms with E-state index in [1.54, 1.807) is 13.8 Å². The average Bonchev–Trinajstić information content (AvgIpc) is 4.21. The van der Waals surface area contributed by atoms with E-state index in [2.05, 4.69) is 0 Å². The molecule has 0 aromatic carbocycles. The highest BCUT2D eigenvalue weighted by Crippen LogP contribution is 2.47. The Balaban J connectivity index is 0.000000254. The van der Waals surface area contributed by atoms with Crippen LogP contribution in [-0.4, -0.2) is 98.6 Å². The maximum atomic E-state index is 11.7. The molecule has 0 aliphatic heterocycles. The third-order valence-electron chi connectivity index (χ3n) is 15.8. The van der Waals surface area contributed by atoms with Gasteiger partial charge in [-0.3, -0.25) is 19.2 Å². The molecule has 16 heteroatoms. The number of hydrogen-bond acceptors (Lipinski definition) is 16. The molecule has 0 N–H and O–H groups in total. The normalized spacial score (nSPS) is 24.2. The first-order valence-corrected chi connectivity index (χ1v) is 27.6. The molecule has 0 amide bonds. The van der Waals surface area contributed by atoms with Crippen LogP contribution in [0.25, 0.3) is 0 Å². The third-order valence-corrected chi connectivity index (χ3v) is 15.8. The number of ether oxygens (including phenoxy) is 8. The molecule has 72 heavy (non-hydrogen) atoms. The van der Waals surface area contributed by atoms with Gasteiger partial charge in [-0.05, 0) is 180 Å². The standard InChI is InChI=1S/C15H24O4.C14H22O4.C14H24O4.C13H22O4/c1-4-15(2,3)14(17)18-9-13(16)19-12-8-10-5-6-11(12)7-10;1-3-9(2)14(16)17-8-13(15)18-12-7-10-4-5-11(12)6-10;1-4-14(2,3)13(16)17-10-12(15)18-11-8-6-5-7-9-11;1-3-10(2)13(15)16-9-12(14)17-11-7-5-4-6-8-11/h10-12H,4-9H2,1-3H3;9-12H,3-8H2,1-2H3;11H,4-10H2,1-3H3;10-11H,3-9H2,1-2H3. The van der Waals surface area contributed by atoms with Gasteiger partial charge in [-0.2, -0.15) is 0 Å². The zero-order chi connectivity index (χ0) is 53.4. The van der Waals surface area contributed by atoms with Crippen molar-refractivity contribution in [1.29, 1.82) is 0 Å². The highest BCUT2D eigenvalue weighted by molar-refractivity contribution is 5.81. The molecule has 16 nitrogen and oxygen atoms in total. The first kappa shape index (κ1) is 62.1. The van der Waals surface area contributed by atoms with Crippen LogP contribution in [0, 0.1) is 46.3 Å². The van der Waals surface area contributed by atoms with Crippen LogP contribution in [0.3, 0.4) is 0 Å². The maximum Gasteiger partial charge on any atom is 0.344 e. The van der Waals surface area contributed by atoms with Gasteiger partial charge < -0.3 is 37.9 Å². The summed E-state index contributed by atoms with van der Waals surface area (Å²) in [4.78, 5) is 92.4. The van der Waals surface area contributed by atoms with Crippen molar-refractivity contribution < 1.29 is 76.3 Å². The molecule has 8 unspecified atom stereocenters. The van der Waals surface area contributed by atoms with Gasteiger partial charge in [-0.15, -0.1) is 0 Å². The van der Waals surface area contributed by atoms with Gasteiger partial charge >= 0.3 is 47.8 Å². The molecule has 6 saturated carbocycles. The van der Waals surface area contributed by atoms with E-state index in [1.807, 2.05) is 55.4 Å². The summed E-state index contributed by atoms with van der Waals surface area (Å²) < 4.78 is 41.2. The number of rotatable bonds is 20. The molecule has 6 rings (SSSR count). The molecule has 0 saturated heterocycles. The van der Waals surface area contributed by atoms with Crippen molar-refractivity contribution in [2.75, 3.05) is 26.4 Å². The molecule has 0 radical (unpaired) electrons. The second-order valence-electron chi connectivity index (χ2n) is 22.4. The Hall–Kier alpha value is -4.24. The number of fused-ring (bicyclic) bond motifs is 4. The molecule has 0 aromatic heterocycles. The lowest BCUT2D eigenvalue weighted by Gasteiger charge is -2.23. The molecule has 0 spiro atoms. The van der Waals surface area contributed by atoms with Crippen LogP contribution in [0.5, 0.6) is 0 Å². The Bertz CT molecular complexity index is 1730. The van der Waals surface area contributed by atoms with Crippen LogP contribution < -0.4 is 0 Å². The van der Waals surface area contributed by atoms with Crippen LogP contribution in [0.2, 0.25) is 0 Å². The van der Waals surface area contributed by atoms with Gasteiger partial charge in [0.15, 0.2) is 26.4 Å². The molecule has 4 bridgehead atoms. The number of carbonyl (C=O) groups is 8. The van der Waals surface area contributed by atoms with Crippen LogP contribution in [0.15, 0.2) is 0 Å². The smallest absolute Gasteiger partial charge is 0.344 e. The summed E-state index contributed by atoms with van der Waals surface area (Å²) in [6, 6.07) is 0. The lowest BCUT2D eigenvalue weighted by molar-refractivity contribution is -0.168. The van der Waals surface area contributed by atoms with Crippen molar-refractivity contribution in [2.24, 2.45) is 46.3 Å². The van der Waals surface area contributed by atoms with Gasteiger partial charge in [-0.25, -0.2) is 19.2 Å². The minimum Gasteiger partial charge on any atom is -0.460 e. The van der Waals surface area contributed by atoms with Crippen molar-refractivity contribution in [1.82, 2.24) is 0 Å². The lowest BCUT2D eigenvalue weighted by Crippen LogP contribution is -2.31. The summed E-state index contributed by atoms with van der Waals surface area (Å²) in [6.07, 6.45) is 22.9. The molecule has 0 heterocycles. The summed E-state index contributed by atoms with van der Waals surface area (Å²) in [7, 11) is 0. The summed E-state index contributed by atoms with van der Waals surface area (Å²) in [6.45, 7) is 17.5. The van der Waals surface area contributed by atoms with Crippen molar-refractivity contribution in [3.8, 4) is 0 Å². The highest BCUT2D eigenvalue weighted by Gasteiger charge is 2.43. The Morgan fingerprint density at radius 3 is 1.01 bits per heavy atom. The third kappa shape index (κ3) is 22.1. The zero-order valence-corrected chi connectivity index (χ0v) is 45.7. The van der Waals surface area contributed by atoms with Gasteiger partial charge in [0.05, 0.1) is 22.7 Å². The minimum atomic E-state index is -0.537. The van der Waals surface area contributed by atoms with E-state index in [0.717, 1.165) is 88.9 Å². The van der Waals surface area contributed by atoms with Crippen LogP contribution >= 0.6 is 0 Å². The monoisotopic (exact) mass is 1020 g/mol. The molecule has 0 aromatic rings. The second-order valence-corrected chi connectivity index (χ2v) is 22.4. The van der Waals surface area contributed by atoms with Gasteiger partial charge in [-0.1, -0.05) is 54.4 Å². The first-order chi connectivity index (χ1) is 34.1. The molecular formula is C56H92O16. The summed E-state index contributed by atoms with van der Waals surface area (Å²) in [5.41, 5.74) is -1.07. The van der Waals surface area contributed by atoms with E-state index in [0.29, 0.717) is 24.7 Å². The van der Waals surface area contributed by atoms with Crippen molar-refractivity contribution in [3.05, 3.63) is 0 Å². The fraction of sp³-hybridized carbons (Fsp3) is 0.857. The van der Waals surface area contributed by atoms with E-state index < -0.39 is 34.7 Å². The Morgan fingerprint density at radius 1 is 0.417 bits per heavy atom. The summed E-state index contributed by atoms with van der Waals surface area (Å²) in [5, 5.41) is 0. The lowest BCUT2D eigenvalue weighted by atomic mass is 9.91. The van der Waals surface area contributed by atoms with Gasteiger partial charge in [0.25, 0.3) is 0 Å². The Labute approximate surface area is 430 Å². The van der Waals surface area contributed by atoms with E-state index in [9.17, 15) is 38.4 Å². The molecular weight excluding hydrogens is 929 g/mol. The number of carbonyl (C=O) groups excluding carboxylic acids is 8. The Morgan fingerprint density at radius 2 is 0.736 bits per heavy atom.